The maximum Gasteiger partial charge on any atom is 0.124 e. The monoisotopic (exact) mass is 316 g/mol. The highest BCUT2D eigenvalue weighted by Gasteiger charge is 2.15. The summed E-state index contributed by atoms with van der Waals surface area (Å²) in [5.74, 6) is 0.821. The first kappa shape index (κ1) is 14.7. The molecule has 0 amide bonds. The van der Waals surface area contributed by atoms with Crippen molar-refractivity contribution in [2.45, 2.75) is 12.5 Å². The van der Waals surface area contributed by atoms with Crippen LogP contribution in [0.3, 0.4) is 0 Å². The van der Waals surface area contributed by atoms with Gasteiger partial charge in [0.2, 0.25) is 0 Å². The zero-order chi connectivity index (χ0) is 16.5. The van der Waals surface area contributed by atoms with Crippen molar-refractivity contribution in [2.24, 2.45) is 12.8 Å². The summed E-state index contributed by atoms with van der Waals surface area (Å²) in [6.45, 7) is 0. The number of fused-ring (bicyclic) bond motifs is 1. The van der Waals surface area contributed by atoms with E-state index in [4.69, 9.17) is 5.73 Å². The van der Waals surface area contributed by atoms with E-state index in [0.29, 0.717) is 0 Å². The molecule has 0 saturated carbocycles. The second-order valence-corrected chi connectivity index (χ2v) is 6.13. The third-order valence-electron chi connectivity index (χ3n) is 4.44. The van der Waals surface area contributed by atoms with Crippen molar-refractivity contribution in [2.75, 3.05) is 0 Å². The van der Waals surface area contributed by atoms with E-state index >= 15 is 0 Å². The molecule has 0 radical (unpaired) electrons. The molecule has 24 heavy (non-hydrogen) atoms. The number of rotatable bonds is 4. The van der Waals surface area contributed by atoms with Crippen molar-refractivity contribution in [3.63, 3.8) is 0 Å². The third-order valence-corrected chi connectivity index (χ3v) is 4.44. The molecule has 2 heterocycles. The van der Waals surface area contributed by atoms with E-state index in [9.17, 15) is 0 Å². The first-order valence-electron chi connectivity index (χ1n) is 8.11. The van der Waals surface area contributed by atoms with E-state index in [1.807, 2.05) is 24.4 Å². The van der Waals surface area contributed by atoms with Gasteiger partial charge in [0.15, 0.2) is 0 Å². The van der Waals surface area contributed by atoms with Crippen LogP contribution in [0.25, 0.3) is 22.2 Å². The van der Waals surface area contributed by atoms with Gasteiger partial charge in [-0.05, 0) is 18.1 Å². The molecule has 0 bridgehead atoms. The first-order valence-corrected chi connectivity index (χ1v) is 8.11. The van der Waals surface area contributed by atoms with Crippen LogP contribution >= 0.6 is 0 Å². The zero-order valence-corrected chi connectivity index (χ0v) is 13.6. The molecule has 0 aliphatic heterocycles. The Morgan fingerprint density at radius 1 is 1.08 bits per heavy atom. The highest BCUT2D eigenvalue weighted by atomic mass is 15.0. The SMILES string of the molecule is Cn1cc(C[C@H](N)c2nc(-c3ccccc3)c[nH]2)c2ccccc21. The summed E-state index contributed by atoms with van der Waals surface area (Å²) in [6.07, 6.45) is 4.84. The molecule has 4 rings (SSSR count). The molecule has 4 heteroatoms. The van der Waals surface area contributed by atoms with Crippen molar-refractivity contribution in [3.8, 4) is 11.3 Å². The van der Waals surface area contributed by atoms with Crippen LogP contribution < -0.4 is 5.73 Å². The number of para-hydroxylation sites is 1. The molecule has 0 aliphatic rings. The van der Waals surface area contributed by atoms with Crippen LogP contribution in [-0.2, 0) is 13.5 Å². The Balaban J connectivity index is 1.60. The van der Waals surface area contributed by atoms with Crippen LogP contribution in [0.1, 0.15) is 17.4 Å². The van der Waals surface area contributed by atoms with Crippen molar-refractivity contribution < 1.29 is 0 Å². The average molecular weight is 316 g/mol. The Morgan fingerprint density at radius 3 is 2.67 bits per heavy atom. The number of aryl methyl sites for hydroxylation is 1. The number of H-pyrrole nitrogens is 1. The van der Waals surface area contributed by atoms with Gasteiger partial charge in [0.1, 0.15) is 5.82 Å². The Kier molecular flexibility index (Phi) is 3.67. The van der Waals surface area contributed by atoms with Gasteiger partial charge < -0.3 is 15.3 Å². The number of nitrogens with two attached hydrogens (primary N) is 1. The van der Waals surface area contributed by atoms with Gasteiger partial charge in [-0.2, -0.15) is 0 Å². The summed E-state index contributed by atoms with van der Waals surface area (Å²) < 4.78 is 2.15. The fraction of sp³-hybridized carbons (Fsp3) is 0.150. The molecule has 0 spiro atoms. The highest BCUT2D eigenvalue weighted by molar-refractivity contribution is 5.83. The standard InChI is InChI=1S/C20H20N4/c1-24-13-15(16-9-5-6-10-19(16)24)11-17(21)20-22-12-18(23-20)14-7-3-2-4-8-14/h2-10,12-13,17H,11,21H2,1H3,(H,22,23)/t17-/m0/s1. The van der Waals surface area contributed by atoms with Gasteiger partial charge in [-0.3, -0.25) is 0 Å². The van der Waals surface area contributed by atoms with Gasteiger partial charge in [0.05, 0.1) is 11.7 Å². The fourth-order valence-electron chi connectivity index (χ4n) is 3.21. The number of aromatic nitrogens is 3. The predicted molar refractivity (Wildman–Crippen MR) is 97.6 cm³/mol. The van der Waals surface area contributed by atoms with Gasteiger partial charge in [-0.25, -0.2) is 4.98 Å². The minimum absolute atomic E-state index is 0.159. The molecule has 120 valence electrons. The van der Waals surface area contributed by atoms with E-state index < -0.39 is 0 Å². The Morgan fingerprint density at radius 2 is 1.83 bits per heavy atom. The highest BCUT2D eigenvalue weighted by Crippen LogP contribution is 2.25. The molecule has 3 N–H and O–H groups in total. The fourth-order valence-corrected chi connectivity index (χ4v) is 3.21. The average Bonchev–Trinajstić information content (AvgIpc) is 3.22. The van der Waals surface area contributed by atoms with Crippen LogP contribution in [0, 0.1) is 0 Å². The number of benzene rings is 2. The minimum atomic E-state index is -0.159. The van der Waals surface area contributed by atoms with E-state index in [1.54, 1.807) is 0 Å². The Hall–Kier alpha value is -2.85. The predicted octanol–water partition coefficient (Wildman–Crippen LogP) is 3.81. The first-order chi connectivity index (χ1) is 11.7. The van der Waals surface area contributed by atoms with Crippen LogP contribution in [0.2, 0.25) is 0 Å². The lowest BCUT2D eigenvalue weighted by atomic mass is 10.1. The number of hydrogen-bond donors (Lipinski definition) is 2. The molecule has 0 aliphatic carbocycles. The van der Waals surface area contributed by atoms with Gasteiger partial charge in [0.25, 0.3) is 0 Å². The molecule has 0 saturated heterocycles. The molecule has 4 aromatic rings. The van der Waals surface area contributed by atoms with Gasteiger partial charge in [0, 0.05) is 35.9 Å². The van der Waals surface area contributed by atoms with E-state index in [-0.39, 0.29) is 6.04 Å². The van der Waals surface area contributed by atoms with Crippen LogP contribution in [0.4, 0.5) is 0 Å². The minimum Gasteiger partial charge on any atom is -0.350 e. The summed E-state index contributed by atoms with van der Waals surface area (Å²) in [7, 11) is 2.07. The summed E-state index contributed by atoms with van der Waals surface area (Å²) in [4.78, 5) is 7.91. The number of aromatic amines is 1. The molecule has 1 atom stereocenters. The normalized spacial score (nSPS) is 12.6. The van der Waals surface area contributed by atoms with Crippen LogP contribution in [0.5, 0.6) is 0 Å². The summed E-state index contributed by atoms with van der Waals surface area (Å²) in [5.41, 5.74) is 10.9. The number of nitrogens with zero attached hydrogens (tertiary/aromatic N) is 2. The smallest absolute Gasteiger partial charge is 0.124 e. The van der Waals surface area contributed by atoms with E-state index in [1.165, 1.54) is 16.5 Å². The Bertz CT molecular complexity index is 966. The van der Waals surface area contributed by atoms with Crippen molar-refractivity contribution >= 4 is 10.9 Å². The number of hydrogen-bond acceptors (Lipinski definition) is 2. The maximum atomic E-state index is 6.42. The van der Waals surface area contributed by atoms with Gasteiger partial charge in [-0.1, -0.05) is 48.5 Å². The summed E-state index contributed by atoms with van der Waals surface area (Å²) >= 11 is 0. The Labute approximate surface area is 141 Å². The zero-order valence-electron chi connectivity index (χ0n) is 13.6. The van der Waals surface area contributed by atoms with Crippen LogP contribution in [-0.4, -0.2) is 14.5 Å². The van der Waals surface area contributed by atoms with Crippen molar-refractivity contribution in [1.29, 1.82) is 0 Å². The molecular weight excluding hydrogens is 296 g/mol. The molecule has 0 fully saturated rings. The lowest BCUT2D eigenvalue weighted by Crippen LogP contribution is -2.14. The van der Waals surface area contributed by atoms with Crippen molar-refractivity contribution in [1.82, 2.24) is 14.5 Å². The second kappa shape index (κ2) is 5.98. The molecule has 2 aromatic carbocycles. The maximum absolute atomic E-state index is 6.42. The topological polar surface area (TPSA) is 59.6 Å². The molecule has 4 nitrogen and oxygen atoms in total. The van der Waals surface area contributed by atoms with E-state index in [2.05, 4.69) is 64.2 Å². The molecular formula is C20H20N4. The summed E-state index contributed by atoms with van der Waals surface area (Å²) in [6, 6.07) is 18.4. The third kappa shape index (κ3) is 2.61. The molecule has 0 unspecified atom stereocenters. The lowest BCUT2D eigenvalue weighted by molar-refractivity contribution is 0.679. The summed E-state index contributed by atoms with van der Waals surface area (Å²) in [5, 5.41) is 1.25. The number of imidazole rings is 1. The van der Waals surface area contributed by atoms with E-state index in [0.717, 1.165) is 23.5 Å². The van der Waals surface area contributed by atoms with Crippen LogP contribution in [0.15, 0.2) is 67.0 Å². The lowest BCUT2D eigenvalue weighted by Gasteiger charge is -2.07. The second-order valence-electron chi connectivity index (χ2n) is 6.13. The molecule has 2 aromatic heterocycles. The van der Waals surface area contributed by atoms with Gasteiger partial charge >= 0.3 is 0 Å². The van der Waals surface area contributed by atoms with Crippen molar-refractivity contribution in [3.05, 3.63) is 78.4 Å². The van der Waals surface area contributed by atoms with Gasteiger partial charge in [-0.15, -0.1) is 0 Å². The number of nitrogens with one attached hydrogen (secondary N) is 1. The largest absolute Gasteiger partial charge is 0.350 e. The quantitative estimate of drug-likeness (QED) is 0.601.